The van der Waals surface area contributed by atoms with Gasteiger partial charge in [0.05, 0.1) is 10.6 Å². The smallest absolute Gasteiger partial charge is 0.264 e. The number of hydrogen-bond acceptors (Lipinski definition) is 3. The Balaban J connectivity index is 1.74. The predicted octanol–water partition coefficient (Wildman–Crippen LogP) is 3.64. The zero-order valence-corrected chi connectivity index (χ0v) is 15.0. The molecule has 0 radical (unpaired) electrons. The van der Waals surface area contributed by atoms with E-state index in [4.69, 9.17) is 0 Å². The van der Waals surface area contributed by atoms with Crippen molar-refractivity contribution >= 4 is 27.3 Å². The molecule has 0 heterocycles. The Hall–Kier alpha value is -2.34. The van der Waals surface area contributed by atoms with E-state index in [-0.39, 0.29) is 16.7 Å². The highest BCUT2D eigenvalue weighted by atomic mass is 32.2. The van der Waals surface area contributed by atoms with E-state index in [0.717, 1.165) is 25.7 Å². The molecule has 1 N–H and O–H groups in total. The van der Waals surface area contributed by atoms with Gasteiger partial charge in [-0.2, -0.15) is 0 Å². The van der Waals surface area contributed by atoms with Gasteiger partial charge in [0, 0.05) is 18.7 Å². The summed E-state index contributed by atoms with van der Waals surface area (Å²) in [4.78, 5) is 12.3. The van der Waals surface area contributed by atoms with Gasteiger partial charge in [0.1, 0.15) is 0 Å². The molecular formula is C19H22N2O3S. The second-order valence-electron chi connectivity index (χ2n) is 6.30. The minimum Gasteiger partial charge on any atom is -0.326 e. The Morgan fingerprint density at radius 3 is 2.20 bits per heavy atom. The zero-order valence-electron chi connectivity index (χ0n) is 14.2. The summed E-state index contributed by atoms with van der Waals surface area (Å²) in [5, 5.41) is 2.88. The van der Waals surface area contributed by atoms with Crippen molar-refractivity contribution in [1.82, 2.24) is 0 Å². The summed E-state index contributed by atoms with van der Waals surface area (Å²) < 4.78 is 26.7. The van der Waals surface area contributed by atoms with Crippen LogP contribution in [0.1, 0.15) is 25.7 Å². The van der Waals surface area contributed by atoms with Crippen molar-refractivity contribution in [3.05, 3.63) is 54.6 Å². The number of sulfonamides is 1. The van der Waals surface area contributed by atoms with Crippen LogP contribution in [0.5, 0.6) is 0 Å². The second kappa shape index (κ2) is 7.27. The van der Waals surface area contributed by atoms with Gasteiger partial charge < -0.3 is 5.32 Å². The monoisotopic (exact) mass is 358 g/mol. The highest BCUT2D eigenvalue weighted by Crippen LogP contribution is 2.27. The van der Waals surface area contributed by atoms with Gasteiger partial charge in [-0.25, -0.2) is 8.42 Å². The van der Waals surface area contributed by atoms with Gasteiger partial charge in [0.2, 0.25) is 5.91 Å². The molecule has 1 aliphatic carbocycles. The SMILES string of the molecule is CN(c1ccccc1)S(=O)(=O)c1ccc(NC(=O)C2CCCC2)cc1. The molecule has 0 atom stereocenters. The van der Waals surface area contributed by atoms with Crippen molar-refractivity contribution in [3.63, 3.8) is 0 Å². The summed E-state index contributed by atoms with van der Waals surface area (Å²) in [6.07, 6.45) is 4.06. The van der Waals surface area contributed by atoms with E-state index in [9.17, 15) is 13.2 Å². The molecule has 1 saturated carbocycles. The van der Waals surface area contributed by atoms with Gasteiger partial charge in [0.25, 0.3) is 10.0 Å². The molecule has 5 nitrogen and oxygen atoms in total. The van der Waals surface area contributed by atoms with Crippen LogP contribution in [-0.2, 0) is 14.8 Å². The molecule has 3 rings (SSSR count). The van der Waals surface area contributed by atoms with Gasteiger partial charge in [-0.05, 0) is 49.2 Å². The number of nitrogens with zero attached hydrogens (tertiary/aromatic N) is 1. The molecule has 0 aromatic heterocycles. The third-order valence-corrected chi connectivity index (χ3v) is 6.43. The van der Waals surface area contributed by atoms with Gasteiger partial charge in [-0.15, -0.1) is 0 Å². The Morgan fingerprint density at radius 1 is 1.00 bits per heavy atom. The third-order valence-electron chi connectivity index (χ3n) is 4.63. The number of para-hydroxylation sites is 1. The predicted molar refractivity (Wildman–Crippen MR) is 99.1 cm³/mol. The number of benzene rings is 2. The molecule has 132 valence electrons. The highest BCUT2D eigenvalue weighted by molar-refractivity contribution is 7.92. The first-order valence-corrected chi connectivity index (χ1v) is 9.87. The molecule has 25 heavy (non-hydrogen) atoms. The van der Waals surface area contributed by atoms with Crippen LogP contribution in [0.3, 0.4) is 0 Å². The Bertz CT molecular complexity index is 827. The van der Waals surface area contributed by atoms with Crippen molar-refractivity contribution in [2.24, 2.45) is 5.92 Å². The van der Waals surface area contributed by atoms with Crippen LogP contribution in [0.4, 0.5) is 11.4 Å². The fourth-order valence-corrected chi connectivity index (χ4v) is 4.27. The molecule has 0 unspecified atom stereocenters. The average Bonchev–Trinajstić information content (AvgIpc) is 3.17. The van der Waals surface area contributed by atoms with Crippen molar-refractivity contribution < 1.29 is 13.2 Å². The maximum absolute atomic E-state index is 12.7. The summed E-state index contributed by atoms with van der Waals surface area (Å²) in [5.74, 6) is 0.0992. The number of rotatable bonds is 5. The molecule has 2 aromatic carbocycles. The quantitative estimate of drug-likeness (QED) is 0.887. The van der Waals surface area contributed by atoms with Crippen LogP contribution >= 0.6 is 0 Å². The van der Waals surface area contributed by atoms with Crippen LogP contribution in [-0.4, -0.2) is 21.4 Å². The lowest BCUT2D eigenvalue weighted by molar-refractivity contribution is -0.119. The summed E-state index contributed by atoms with van der Waals surface area (Å²) >= 11 is 0. The van der Waals surface area contributed by atoms with Gasteiger partial charge in [-0.3, -0.25) is 9.10 Å². The van der Waals surface area contributed by atoms with Crippen molar-refractivity contribution in [2.45, 2.75) is 30.6 Å². The molecule has 1 amide bonds. The average molecular weight is 358 g/mol. The number of anilines is 2. The second-order valence-corrected chi connectivity index (χ2v) is 8.27. The minimum atomic E-state index is -3.63. The fourth-order valence-electron chi connectivity index (χ4n) is 3.08. The molecule has 1 fully saturated rings. The van der Waals surface area contributed by atoms with E-state index < -0.39 is 10.0 Å². The third kappa shape index (κ3) is 3.85. The molecule has 0 saturated heterocycles. The van der Waals surface area contributed by atoms with Crippen LogP contribution in [0.15, 0.2) is 59.5 Å². The highest BCUT2D eigenvalue weighted by Gasteiger charge is 2.23. The molecule has 0 bridgehead atoms. The molecule has 2 aromatic rings. The zero-order chi connectivity index (χ0) is 17.9. The number of hydrogen-bond donors (Lipinski definition) is 1. The van der Waals surface area contributed by atoms with Crippen molar-refractivity contribution in [2.75, 3.05) is 16.7 Å². The van der Waals surface area contributed by atoms with E-state index in [2.05, 4.69) is 5.32 Å². The number of amides is 1. The largest absolute Gasteiger partial charge is 0.326 e. The Morgan fingerprint density at radius 2 is 1.60 bits per heavy atom. The van der Waals surface area contributed by atoms with E-state index in [1.54, 1.807) is 36.4 Å². The van der Waals surface area contributed by atoms with Crippen LogP contribution in [0.2, 0.25) is 0 Å². The van der Waals surface area contributed by atoms with Crippen molar-refractivity contribution in [3.8, 4) is 0 Å². The number of nitrogens with one attached hydrogen (secondary N) is 1. The Kier molecular flexibility index (Phi) is 5.08. The lowest BCUT2D eigenvalue weighted by Gasteiger charge is -2.19. The first kappa shape index (κ1) is 17.5. The molecule has 0 aliphatic heterocycles. The lowest BCUT2D eigenvalue weighted by atomic mass is 10.1. The van der Waals surface area contributed by atoms with Crippen LogP contribution < -0.4 is 9.62 Å². The minimum absolute atomic E-state index is 0.0227. The molecule has 6 heteroatoms. The van der Waals surface area contributed by atoms with Gasteiger partial charge >= 0.3 is 0 Å². The molecule has 1 aliphatic rings. The fraction of sp³-hybridized carbons (Fsp3) is 0.316. The van der Waals surface area contributed by atoms with Crippen LogP contribution in [0.25, 0.3) is 0 Å². The topological polar surface area (TPSA) is 66.5 Å². The van der Waals surface area contributed by atoms with E-state index >= 15 is 0 Å². The van der Waals surface area contributed by atoms with Crippen molar-refractivity contribution in [1.29, 1.82) is 0 Å². The molecular weight excluding hydrogens is 336 g/mol. The first-order chi connectivity index (χ1) is 12.0. The number of carbonyl (C=O) groups is 1. The number of carbonyl (C=O) groups excluding carboxylic acids is 1. The van der Waals surface area contributed by atoms with Gasteiger partial charge in [0.15, 0.2) is 0 Å². The van der Waals surface area contributed by atoms with E-state index in [0.29, 0.717) is 11.4 Å². The maximum Gasteiger partial charge on any atom is 0.264 e. The summed E-state index contributed by atoms with van der Waals surface area (Å²) in [6.45, 7) is 0. The maximum atomic E-state index is 12.7. The summed E-state index contributed by atoms with van der Waals surface area (Å²) in [6, 6.07) is 15.2. The van der Waals surface area contributed by atoms with E-state index in [1.165, 1.54) is 23.5 Å². The first-order valence-electron chi connectivity index (χ1n) is 8.43. The van der Waals surface area contributed by atoms with Gasteiger partial charge in [-0.1, -0.05) is 31.0 Å². The summed E-state index contributed by atoms with van der Waals surface area (Å²) in [5.41, 5.74) is 1.22. The van der Waals surface area contributed by atoms with Crippen LogP contribution in [0, 0.1) is 5.92 Å². The molecule has 0 spiro atoms. The Labute approximate surface area is 148 Å². The standard InChI is InChI=1S/C19H22N2O3S/c1-21(17-9-3-2-4-10-17)25(23,24)18-13-11-16(12-14-18)20-19(22)15-7-5-6-8-15/h2-4,9-15H,5-8H2,1H3,(H,20,22). The normalized spacial score (nSPS) is 15.1. The summed E-state index contributed by atoms with van der Waals surface area (Å²) in [7, 11) is -2.10. The van der Waals surface area contributed by atoms with E-state index in [1.807, 2.05) is 6.07 Å². The lowest BCUT2D eigenvalue weighted by Crippen LogP contribution is -2.26.